The third kappa shape index (κ3) is 4.64. The van der Waals surface area contributed by atoms with E-state index in [-0.39, 0.29) is 11.3 Å². The third-order valence-electron chi connectivity index (χ3n) is 4.98. The number of carbonyl (C=O) groups excluding carboxylic acids is 1. The molecule has 0 saturated heterocycles. The summed E-state index contributed by atoms with van der Waals surface area (Å²) in [6, 6.07) is 26.5. The van der Waals surface area contributed by atoms with Gasteiger partial charge in [-0.25, -0.2) is 18.1 Å². The average Bonchev–Trinajstić information content (AvgIpc) is 2.79. The molecule has 1 heterocycles. The summed E-state index contributed by atoms with van der Waals surface area (Å²) in [5, 5.41) is 1.09. The maximum Gasteiger partial charge on any atom is 0.264 e. The van der Waals surface area contributed by atoms with Crippen LogP contribution in [0.2, 0.25) is 0 Å². The van der Waals surface area contributed by atoms with Crippen LogP contribution in [0.3, 0.4) is 0 Å². The van der Waals surface area contributed by atoms with Gasteiger partial charge < -0.3 is 0 Å². The number of nitrogens with zero attached hydrogens (tertiary/aromatic N) is 1. The molecule has 5 nitrogen and oxygen atoms in total. The van der Waals surface area contributed by atoms with Crippen molar-refractivity contribution in [1.82, 2.24) is 9.71 Å². The topological polar surface area (TPSA) is 76.1 Å². The Morgan fingerprint density at radius 1 is 0.839 bits per heavy atom. The Kier molecular flexibility index (Phi) is 5.82. The van der Waals surface area contributed by atoms with E-state index in [0.29, 0.717) is 6.42 Å². The molecule has 0 spiro atoms. The van der Waals surface area contributed by atoms with Gasteiger partial charge in [0.1, 0.15) is 0 Å². The number of para-hydroxylation sites is 1. The van der Waals surface area contributed by atoms with Gasteiger partial charge in [0.25, 0.3) is 10.0 Å². The Hall–Kier alpha value is -3.51. The number of benzene rings is 3. The molecule has 0 aliphatic carbocycles. The van der Waals surface area contributed by atoms with Crippen molar-refractivity contribution in [2.45, 2.75) is 24.7 Å². The fourth-order valence-electron chi connectivity index (χ4n) is 3.40. The summed E-state index contributed by atoms with van der Waals surface area (Å²) >= 11 is 0. The number of pyridine rings is 1. The molecule has 156 valence electrons. The van der Waals surface area contributed by atoms with Crippen LogP contribution in [-0.4, -0.2) is 19.3 Å². The fourth-order valence-corrected chi connectivity index (χ4v) is 4.41. The number of amides is 1. The number of hydrogen-bond acceptors (Lipinski definition) is 4. The predicted molar refractivity (Wildman–Crippen MR) is 123 cm³/mol. The van der Waals surface area contributed by atoms with Crippen LogP contribution in [-0.2, 0) is 14.8 Å². The first-order valence-corrected chi connectivity index (χ1v) is 11.6. The van der Waals surface area contributed by atoms with E-state index in [2.05, 4.69) is 10.8 Å². The van der Waals surface area contributed by atoms with Gasteiger partial charge in [0.05, 0.1) is 16.1 Å². The molecular formula is C25H22N2O3S. The lowest BCUT2D eigenvalue weighted by atomic mass is 10.0. The fraction of sp³-hybridized carbons (Fsp3) is 0.120. The smallest absolute Gasteiger partial charge is 0.264 e. The Bertz CT molecular complexity index is 1350. The second-order valence-electron chi connectivity index (χ2n) is 7.27. The number of sulfonamides is 1. The number of fused-ring (bicyclic) bond motifs is 1. The molecule has 0 saturated carbocycles. The zero-order chi connectivity index (χ0) is 21.8. The van der Waals surface area contributed by atoms with E-state index >= 15 is 0 Å². The van der Waals surface area contributed by atoms with Crippen LogP contribution in [0, 0.1) is 0 Å². The Balaban J connectivity index is 1.61. The van der Waals surface area contributed by atoms with Crippen molar-refractivity contribution >= 4 is 26.8 Å². The van der Waals surface area contributed by atoms with E-state index in [9.17, 15) is 13.2 Å². The van der Waals surface area contributed by atoms with Crippen LogP contribution in [0.4, 0.5) is 0 Å². The minimum absolute atomic E-state index is 0.0630. The zero-order valence-electron chi connectivity index (χ0n) is 17.1. The molecule has 6 heteroatoms. The van der Waals surface area contributed by atoms with Crippen LogP contribution >= 0.6 is 0 Å². The zero-order valence-corrected chi connectivity index (χ0v) is 17.9. The highest BCUT2D eigenvalue weighted by Gasteiger charge is 2.17. The van der Waals surface area contributed by atoms with Crippen LogP contribution in [0.1, 0.15) is 19.8 Å². The maximum absolute atomic E-state index is 12.4. The van der Waals surface area contributed by atoms with Crippen LogP contribution in [0.15, 0.2) is 89.8 Å². The van der Waals surface area contributed by atoms with Crippen molar-refractivity contribution in [3.63, 3.8) is 0 Å². The number of carbonyl (C=O) groups is 1. The molecule has 0 fully saturated rings. The highest BCUT2D eigenvalue weighted by atomic mass is 32.2. The molecule has 4 aromatic rings. The summed E-state index contributed by atoms with van der Waals surface area (Å²) in [6.07, 6.45) is 0.760. The monoisotopic (exact) mass is 430 g/mol. The first-order valence-electron chi connectivity index (χ1n) is 10.1. The SMILES string of the molecule is CCCC(=O)NS(=O)(=O)c1ccc(-c2cccc(-c3ccc4ccccc4n3)c2)cc1. The van der Waals surface area contributed by atoms with Gasteiger partial charge in [0.2, 0.25) is 5.91 Å². The van der Waals surface area contributed by atoms with E-state index in [4.69, 9.17) is 4.98 Å². The Morgan fingerprint density at radius 3 is 2.35 bits per heavy atom. The van der Waals surface area contributed by atoms with E-state index in [0.717, 1.165) is 33.3 Å². The Morgan fingerprint density at radius 2 is 1.58 bits per heavy atom. The first-order chi connectivity index (χ1) is 15.0. The molecule has 0 aliphatic heterocycles. The second-order valence-corrected chi connectivity index (χ2v) is 8.96. The number of aromatic nitrogens is 1. The molecule has 4 rings (SSSR count). The van der Waals surface area contributed by atoms with Gasteiger partial charge in [-0.15, -0.1) is 0 Å². The van der Waals surface area contributed by atoms with Crippen molar-refractivity contribution in [3.05, 3.63) is 84.9 Å². The minimum atomic E-state index is -3.86. The normalized spacial score (nSPS) is 11.4. The van der Waals surface area contributed by atoms with Crippen molar-refractivity contribution in [2.75, 3.05) is 0 Å². The molecule has 1 aromatic heterocycles. The molecule has 31 heavy (non-hydrogen) atoms. The van der Waals surface area contributed by atoms with Gasteiger partial charge in [-0.3, -0.25) is 4.79 Å². The average molecular weight is 431 g/mol. The molecule has 0 bridgehead atoms. The lowest BCUT2D eigenvalue weighted by Crippen LogP contribution is -2.30. The lowest BCUT2D eigenvalue weighted by molar-refractivity contribution is -0.119. The summed E-state index contributed by atoms with van der Waals surface area (Å²) in [7, 11) is -3.86. The molecule has 3 aromatic carbocycles. The molecule has 0 aliphatic rings. The van der Waals surface area contributed by atoms with Crippen LogP contribution in [0.5, 0.6) is 0 Å². The van der Waals surface area contributed by atoms with E-state index in [1.54, 1.807) is 12.1 Å². The van der Waals surface area contributed by atoms with Crippen molar-refractivity contribution < 1.29 is 13.2 Å². The summed E-state index contributed by atoms with van der Waals surface area (Å²) in [6.45, 7) is 1.82. The van der Waals surface area contributed by atoms with Gasteiger partial charge in [-0.2, -0.15) is 0 Å². The largest absolute Gasteiger partial charge is 0.274 e. The number of rotatable bonds is 6. The molecular weight excluding hydrogens is 408 g/mol. The maximum atomic E-state index is 12.4. The highest BCUT2D eigenvalue weighted by Crippen LogP contribution is 2.27. The van der Waals surface area contributed by atoms with Gasteiger partial charge in [0.15, 0.2) is 0 Å². The molecule has 1 amide bonds. The van der Waals surface area contributed by atoms with Crippen molar-refractivity contribution in [3.8, 4) is 22.4 Å². The quantitative estimate of drug-likeness (QED) is 0.458. The summed E-state index contributed by atoms with van der Waals surface area (Å²) in [5.41, 5.74) is 4.61. The van der Waals surface area contributed by atoms with Gasteiger partial charge in [0, 0.05) is 17.4 Å². The highest BCUT2D eigenvalue weighted by molar-refractivity contribution is 7.90. The third-order valence-corrected chi connectivity index (χ3v) is 6.37. The van der Waals surface area contributed by atoms with Crippen LogP contribution < -0.4 is 4.72 Å². The van der Waals surface area contributed by atoms with Gasteiger partial charge in [-0.1, -0.05) is 61.5 Å². The van der Waals surface area contributed by atoms with Gasteiger partial charge in [-0.05, 0) is 47.9 Å². The summed E-state index contributed by atoms with van der Waals surface area (Å²) in [5.74, 6) is -0.498. The molecule has 0 radical (unpaired) electrons. The van der Waals surface area contributed by atoms with E-state index in [1.165, 1.54) is 12.1 Å². The number of nitrogens with one attached hydrogen (secondary N) is 1. The lowest BCUT2D eigenvalue weighted by Gasteiger charge is -2.09. The predicted octanol–water partition coefficient (Wildman–Crippen LogP) is 5.17. The van der Waals surface area contributed by atoms with E-state index in [1.807, 2.05) is 61.5 Å². The van der Waals surface area contributed by atoms with Crippen molar-refractivity contribution in [2.24, 2.45) is 0 Å². The second kappa shape index (κ2) is 8.70. The Labute approximate surface area is 181 Å². The van der Waals surface area contributed by atoms with Crippen LogP contribution in [0.25, 0.3) is 33.3 Å². The molecule has 0 unspecified atom stereocenters. The summed E-state index contributed by atoms with van der Waals surface area (Å²) in [4.78, 5) is 16.5. The van der Waals surface area contributed by atoms with Crippen molar-refractivity contribution in [1.29, 1.82) is 0 Å². The minimum Gasteiger partial charge on any atom is -0.274 e. The molecule has 0 atom stereocenters. The summed E-state index contributed by atoms with van der Waals surface area (Å²) < 4.78 is 26.8. The molecule has 1 N–H and O–H groups in total. The van der Waals surface area contributed by atoms with Gasteiger partial charge >= 0.3 is 0 Å². The first kappa shape index (κ1) is 20.8. The van der Waals surface area contributed by atoms with E-state index < -0.39 is 15.9 Å². The standard InChI is InChI=1S/C25H22N2O3S/c1-2-6-25(28)27-31(29,30)22-14-11-18(12-15-22)20-8-5-9-21(17-20)24-16-13-19-7-3-4-10-23(19)26-24/h3-5,7-17H,2,6H2,1H3,(H,27,28). The number of hydrogen-bond donors (Lipinski definition) is 1.